The van der Waals surface area contributed by atoms with Crippen LogP contribution in [0.15, 0.2) is 29.2 Å². The lowest BCUT2D eigenvalue weighted by molar-refractivity contribution is 0.0600. The van der Waals surface area contributed by atoms with E-state index in [1.54, 1.807) is 6.92 Å². The van der Waals surface area contributed by atoms with Gasteiger partial charge in [-0.15, -0.1) is 0 Å². The topological polar surface area (TPSA) is 81.7 Å². The van der Waals surface area contributed by atoms with Crippen molar-refractivity contribution >= 4 is 16.0 Å². The van der Waals surface area contributed by atoms with Crippen molar-refractivity contribution in [2.24, 2.45) is 0 Å². The van der Waals surface area contributed by atoms with Gasteiger partial charge >= 0.3 is 5.97 Å². The quantitative estimate of drug-likeness (QED) is 0.622. The molecule has 0 saturated carbocycles. The van der Waals surface area contributed by atoms with Gasteiger partial charge in [0.1, 0.15) is 0 Å². The lowest BCUT2D eigenvalue weighted by Crippen LogP contribution is -2.24. The Kier molecular flexibility index (Phi) is 4.62. The first-order valence-corrected chi connectivity index (χ1v) is 6.31. The van der Waals surface area contributed by atoms with Gasteiger partial charge < -0.3 is 4.74 Å². The molecule has 1 N–H and O–H groups in total. The predicted octanol–water partition coefficient (Wildman–Crippen LogP) is 0.703. The molecular formula is C10H13NO5S. The van der Waals surface area contributed by atoms with Crippen LogP contribution in [0.5, 0.6) is 0 Å². The van der Waals surface area contributed by atoms with Crippen LogP contribution < -0.4 is 4.89 Å². The van der Waals surface area contributed by atoms with Gasteiger partial charge in [0.05, 0.1) is 24.2 Å². The highest BCUT2D eigenvalue weighted by atomic mass is 32.2. The van der Waals surface area contributed by atoms with Crippen LogP contribution in [0.1, 0.15) is 17.3 Å². The van der Waals surface area contributed by atoms with Crippen molar-refractivity contribution in [3.8, 4) is 0 Å². The minimum Gasteiger partial charge on any atom is -0.465 e. The second-order valence-corrected chi connectivity index (χ2v) is 4.68. The van der Waals surface area contributed by atoms with Crippen molar-refractivity contribution in [1.82, 2.24) is 4.89 Å². The summed E-state index contributed by atoms with van der Waals surface area (Å²) < 4.78 is 27.7. The van der Waals surface area contributed by atoms with Crippen molar-refractivity contribution in [3.05, 3.63) is 29.8 Å². The Morgan fingerprint density at radius 3 is 2.35 bits per heavy atom. The molecule has 1 aromatic rings. The van der Waals surface area contributed by atoms with E-state index in [1.807, 2.05) is 4.89 Å². The van der Waals surface area contributed by atoms with E-state index < -0.39 is 16.0 Å². The third-order valence-electron chi connectivity index (χ3n) is 1.90. The molecule has 0 unspecified atom stereocenters. The SMILES string of the molecule is CCONS(=O)(=O)c1ccc(C(=O)OC)cc1. The summed E-state index contributed by atoms with van der Waals surface area (Å²) in [4.78, 5) is 17.7. The summed E-state index contributed by atoms with van der Waals surface area (Å²) in [6.45, 7) is 1.88. The van der Waals surface area contributed by atoms with Gasteiger partial charge in [-0.3, -0.25) is 4.84 Å². The monoisotopic (exact) mass is 259 g/mol. The van der Waals surface area contributed by atoms with E-state index in [2.05, 4.69) is 9.57 Å². The average Bonchev–Trinajstić information content (AvgIpc) is 2.35. The molecule has 0 amide bonds. The van der Waals surface area contributed by atoms with E-state index in [0.717, 1.165) is 0 Å². The van der Waals surface area contributed by atoms with Crippen LogP contribution in [-0.2, 0) is 19.6 Å². The molecule has 0 bridgehead atoms. The summed E-state index contributed by atoms with van der Waals surface area (Å²) in [6.07, 6.45) is 0. The average molecular weight is 259 g/mol. The minimum atomic E-state index is -3.70. The number of nitrogens with one attached hydrogen (secondary N) is 1. The summed E-state index contributed by atoms with van der Waals surface area (Å²) >= 11 is 0. The number of benzene rings is 1. The van der Waals surface area contributed by atoms with Gasteiger partial charge in [-0.05, 0) is 31.2 Å². The third-order valence-corrected chi connectivity index (χ3v) is 3.13. The third kappa shape index (κ3) is 3.52. The van der Waals surface area contributed by atoms with Crippen LogP contribution in [0.3, 0.4) is 0 Å². The maximum atomic E-state index is 11.6. The minimum absolute atomic E-state index is 0.0126. The van der Waals surface area contributed by atoms with E-state index in [1.165, 1.54) is 31.4 Å². The van der Waals surface area contributed by atoms with Crippen LogP contribution in [0, 0.1) is 0 Å². The molecule has 0 aromatic heterocycles. The summed E-state index contributed by atoms with van der Waals surface area (Å²) in [5, 5.41) is 0. The number of sulfonamides is 1. The number of hydrogen-bond acceptors (Lipinski definition) is 5. The second-order valence-electron chi connectivity index (χ2n) is 3.04. The van der Waals surface area contributed by atoms with E-state index in [9.17, 15) is 13.2 Å². The molecule has 0 radical (unpaired) electrons. The molecule has 0 fully saturated rings. The Bertz CT molecular complexity index is 480. The van der Waals surface area contributed by atoms with Crippen LogP contribution >= 0.6 is 0 Å². The van der Waals surface area contributed by atoms with Gasteiger partial charge in [-0.1, -0.05) is 4.89 Å². The molecule has 0 spiro atoms. The maximum absolute atomic E-state index is 11.6. The summed E-state index contributed by atoms with van der Waals surface area (Å²) in [6, 6.07) is 5.33. The fourth-order valence-electron chi connectivity index (χ4n) is 1.07. The number of esters is 1. The molecule has 17 heavy (non-hydrogen) atoms. The normalized spacial score (nSPS) is 11.2. The predicted molar refractivity (Wildman–Crippen MR) is 59.7 cm³/mol. The number of hydrogen-bond donors (Lipinski definition) is 1. The molecule has 94 valence electrons. The lowest BCUT2D eigenvalue weighted by atomic mass is 10.2. The second kappa shape index (κ2) is 5.76. The Labute approximate surface area is 99.5 Å². The molecule has 0 heterocycles. The van der Waals surface area contributed by atoms with Crippen molar-refractivity contribution in [2.45, 2.75) is 11.8 Å². The van der Waals surface area contributed by atoms with Crippen LogP contribution in [0.25, 0.3) is 0 Å². The number of carbonyl (C=O) groups is 1. The van der Waals surface area contributed by atoms with Crippen molar-refractivity contribution in [3.63, 3.8) is 0 Å². The fourth-order valence-corrected chi connectivity index (χ4v) is 1.94. The van der Waals surface area contributed by atoms with Gasteiger partial charge in [0.15, 0.2) is 0 Å². The van der Waals surface area contributed by atoms with Gasteiger partial charge in [-0.2, -0.15) is 0 Å². The first-order valence-electron chi connectivity index (χ1n) is 4.83. The van der Waals surface area contributed by atoms with Gasteiger partial charge in [0.25, 0.3) is 10.0 Å². The Morgan fingerprint density at radius 1 is 1.29 bits per heavy atom. The van der Waals surface area contributed by atoms with Crippen molar-refractivity contribution < 1.29 is 22.8 Å². The molecule has 1 aromatic carbocycles. The van der Waals surface area contributed by atoms with E-state index in [-0.39, 0.29) is 17.1 Å². The van der Waals surface area contributed by atoms with Gasteiger partial charge in [-0.25, -0.2) is 13.2 Å². The molecule has 0 aliphatic rings. The number of rotatable bonds is 5. The largest absolute Gasteiger partial charge is 0.465 e. The van der Waals surface area contributed by atoms with E-state index >= 15 is 0 Å². The maximum Gasteiger partial charge on any atom is 0.337 e. The van der Waals surface area contributed by atoms with Gasteiger partial charge in [0.2, 0.25) is 0 Å². The molecule has 7 heteroatoms. The van der Waals surface area contributed by atoms with Crippen molar-refractivity contribution in [1.29, 1.82) is 0 Å². The molecular weight excluding hydrogens is 246 g/mol. The summed E-state index contributed by atoms with van der Waals surface area (Å²) in [5.74, 6) is -0.522. The highest BCUT2D eigenvalue weighted by molar-refractivity contribution is 7.89. The molecule has 0 saturated heterocycles. The Morgan fingerprint density at radius 2 is 1.88 bits per heavy atom. The number of carbonyl (C=O) groups excluding carboxylic acids is 1. The first kappa shape index (κ1) is 13.6. The highest BCUT2D eigenvalue weighted by Gasteiger charge is 2.14. The molecule has 0 aliphatic heterocycles. The zero-order valence-corrected chi connectivity index (χ0v) is 10.3. The van der Waals surface area contributed by atoms with Gasteiger partial charge in [0, 0.05) is 0 Å². The fraction of sp³-hybridized carbons (Fsp3) is 0.300. The first-order chi connectivity index (χ1) is 8.01. The molecule has 0 atom stereocenters. The van der Waals surface area contributed by atoms with E-state index in [4.69, 9.17) is 0 Å². The van der Waals surface area contributed by atoms with E-state index in [0.29, 0.717) is 0 Å². The van der Waals surface area contributed by atoms with Crippen LogP contribution in [-0.4, -0.2) is 28.1 Å². The smallest absolute Gasteiger partial charge is 0.337 e. The lowest BCUT2D eigenvalue weighted by Gasteiger charge is -2.06. The summed E-state index contributed by atoms with van der Waals surface area (Å²) in [7, 11) is -2.44. The van der Waals surface area contributed by atoms with Crippen LogP contribution in [0.4, 0.5) is 0 Å². The molecule has 1 rings (SSSR count). The zero-order valence-electron chi connectivity index (χ0n) is 9.47. The van der Waals surface area contributed by atoms with Crippen molar-refractivity contribution in [2.75, 3.05) is 13.7 Å². The molecule has 6 nitrogen and oxygen atoms in total. The van der Waals surface area contributed by atoms with Crippen LogP contribution in [0.2, 0.25) is 0 Å². The standard InChI is InChI=1S/C10H13NO5S/c1-3-16-11-17(13,14)9-6-4-8(5-7-9)10(12)15-2/h4-7,11H,3H2,1-2H3. The number of methoxy groups -OCH3 is 1. The Hall–Kier alpha value is -1.44. The highest BCUT2D eigenvalue weighted by Crippen LogP contribution is 2.11. The Balaban J connectivity index is 2.91. The zero-order chi connectivity index (χ0) is 12.9. The summed E-state index contributed by atoms with van der Waals surface area (Å²) in [5.41, 5.74) is 0.280. The molecule has 0 aliphatic carbocycles. The number of ether oxygens (including phenoxy) is 1.